The van der Waals surface area contributed by atoms with Crippen molar-refractivity contribution < 1.29 is 14.2 Å². The number of hydrogen-bond donors (Lipinski definition) is 1. The van der Waals surface area contributed by atoms with Crippen LogP contribution in [0.3, 0.4) is 0 Å². The number of nitrogens with one attached hydrogen (secondary N) is 1. The van der Waals surface area contributed by atoms with Crippen molar-refractivity contribution >= 4 is 18.4 Å². The number of rotatable bonds is 8. The van der Waals surface area contributed by atoms with Crippen molar-refractivity contribution in [3.05, 3.63) is 64.2 Å². The summed E-state index contributed by atoms with van der Waals surface area (Å²) in [6.45, 7) is 0. The first-order chi connectivity index (χ1) is 13.7. The summed E-state index contributed by atoms with van der Waals surface area (Å²) in [5, 5.41) is 11.6. The molecule has 0 saturated heterocycles. The van der Waals surface area contributed by atoms with Crippen LogP contribution in [0, 0.1) is 4.77 Å². The van der Waals surface area contributed by atoms with E-state index in [1.54, 1.807) is 44.4 Å². The van der Waals surface area contributed by atoms with Gasteiger partial charge in [-0.05, 0) is 30.3 Å². The lowest BCUT2D eigenvalue weighted by Gasteiger charge is -2.11. The SMILES string of the molecule is COc1cc(OC)c(OC)cc1/C=N\n1c(CCc2ccccc2)n[nH]c1=S. The van der Waals surface area contributed by atoms with Crippen LogP contribution in [0.5, 0.6) is 17.2 Å². The minimum absolute atomic E-state index is 0.429. The van der Waals surface area contributed by atoms with Crippen LogP contribution in [0.4, 0.5) is 0 Å². The zero-order valence-corrected chi connectivity index (χ0v) is 16.8. The summed E-state index contributed by atoms with van der Waals surface area (Å²) in [7, 11) is 4.75. The maximum absolute atomic E-state index is 5.44. The van der Waals surface area contributed by atoms with Crippen molar-refractivity contribution in [3.8, 4) is 17.2 Å². The molecular weight excluding hydrogens is 376 g/mol. The average Bonchev–Trinajstić information content (AvgIpc) is 3.10. The van der Waals surface area contributed by atoms with Gasteiger partial charge >= 0.3 is 0 Å². The second kappa shape index (κ2) is 9.18. The molecular formula is C20H22N4O3S. The molecule has 2 aromatic carbocycles. The maximum atomic E-state index is 5.44. The molecule has 0 atom stereocenters. The smallest absolute Gasteiger partial charge is 0.216 e. The highest BCUT2D eigenvalue weighted by Crippen LogP contribution is 2.33. The second-order valence-corrected chi connectivity index (χ2v) is 6.32. The molecule has 0 spiro atoms. The van der Waals surface area contributed by atoms with Gasteiger partial charge in [-0.2, -0.15) is 14.9 Å². The van der Waals surface area contributed by atoms with Crippen LogP contribution >= 0.6 is 12.2 Å². The Labute approximate surface area is 168 Å². The quantitative estimate of drug-likeness (QED) is 0.463. The summed E-state index contributed by atoms with van der Waals surface area (Å²) in [6, 6.07) is 13.8. The van der Waals surface area contributed by atoms with E-state index in [1.165, 1.54) is 5.56 Å². The first-order valence-corrected chi connectivity index (χ1v) is 9.11. The second-order valence-electron chi connectivity index (χ2n) is 5.94. The molecule has 3 rings (SSSR count). The Morgan fingerprint density at radius 3 is 2.36 bits per heavy atom. The van der Waals surface area contributed by atoms with E-state index in [0.29, 0.717) is 28.4 Å². The van der Waals surface area contributed by atoms with E-state index < -0.39 is 0 Å². The van der Waals surface area contributed by atoms with Crippen molar-refractivity contribution in [3.63, 3.8) is 0 Å². The number of aromatic nitrogens is 3. The number of benzene rings is 2. The fourth-order valence-corrected chi connectivity index (χ4v) is 2.98. The highest BCUT2D eigenvalue weighted by Gasteiger charge is 2.11. The van der Waals surface area contributed by atoms with Crippen molar-refractivity contribution in [1.82, 2.24) is 14.9 Å². The van der Waals surface area contributed by atoms with Gasteiger partial charge in [-0.3, -0.25) is 5.10 Å². The van der Waals surface area contributed by atoms with E-state index in [1.807, 2.05) is 18.2 Å². The molecule has 1 aromatic heterocycles. The van der Waals surface area contributed by atoms with Gasteiger partial charge in [-0.1, -0.05) is 30.3 Å². The molecule has 0 fully saturated rings. The van der Waals surface area contributed by atoms with Crippen molar-refractivity contribution in [2.45, 2.75) is 12.8 Å². The van der Waals surface area contributed by atoms with E-state index in [2.05, 4.69) is 27.4 Å². The summed E-state index contributed by atoms with van der Waals surface area (Å²) < 4.78 is 18.2. The van der Waals surface area contributed by atoms with E-state index in [0.717, 1.165) is 17.8 Å². The third-order valence-corrected chi connectivity index (χ3v) is 4.51. The normalized spacial score (nSPS) is 11.0. The summed E-state index contributed by atoms with van der Waals surface area (Å²) in [6.07, 6.45) is 3.21. The van der Waals surface area contributed by atoms with E-state index in [9.17, 15) is 0 Å². The molecule has 0 unspecified atom stereocenters. The van der Waals surface area contributed by atoms with E-state index in [-0.39, 0.29) is 0 Å². The lowest BCUT2D eigenvalue weighted by atomic mass is 10.1. The highest BCUT2D eigenvalue weighted by atomic mass is 32.1. The minimum Gasteiger partial charge on any atom is -0.496 e. The van der Waals surface area contributed by atoms with Gasteiger partial charge in [-0.15, -0.1) is 0 Å². The summed E-state index contributed by atoms with van der Waals surface area (Å²) in [5.41, 5.74) is 1.96. The van der Waals surface area contributed by atoms with Gasteiger partial charge < -0.3 is 14.2 Å². The monoisotopic (exact) mass is 398 g/mol. The van der Waals surface area contributed by atoms with Gasteiger partial charge in [0.15, 0.2) is 17.3 Å². The van der Waals surface area contributed by atoms with Crippen LogP contribution in [0.25, 0.3) is 0 Å². The Morgan fingerprint density at radius 1 is 1.00 bits per heavy atom. The zero-order chi connectivity index (χ0) is 19.9. The van der Waals surface area contributed by atoms with Crippen LogP contribution in [0.1, 0.15) is 17.0 Å². The average molecular weight is 398 g/mol. The van der Waals surface area contributed by atoms with Crippen LogP contribution in [-0.4, -0.2) is 42.4 Å². The molecule has 0 aliphatic carbocycles. The van der Waals surface area contributed by atoms with Gasteiger partial charge in [0.1, 0.15) is 5.75 Å². The summed E-state index contributed by atoms with van der Waals surface area (Å²) in [5.74, 6) is 2.54. The van der Waals surface area contributed by atoms with Crippen LogP contribution in [0.15, 0.2) is 47.6 Å². The molecule has 0 amide bonds. The summed E-state index contributed by atoms with van der Waals surface area (Å²) >= 11 is 5.32. The molecule has 0 saturated carbocycles. The molecule has 8 heteroatoms. The number of aromatic amines is 1. The number of aryl methyl sites for hydroxylation is 2. The fourth-order valence-electron chi connectivity index (χ4n) is 2.78. The molecule has 0 aliphatic heterocycles. The molecule has 28 heavy (non-hydrogen) atoms. The van der Waals surface area contributed by atoms with Crippen LogP contribution < -0.4 is 14.2 Å². The predicted molar refractivity (Wildman–Crippen MR) is 110 cm³/mol. The number of methoxy groups -OCH3 is 3. The van der Waals surface area contributed by atoms with Crippen molar-refractivity contribution in [2.75, 3.05) is 21.3 Å². The van der Waals surface area contributed by atoms with E-state index in [4.69, 9.17) is 26.4 Å². The Kier molecular flexibility index (Phi) is 6.44. The third kappa shape index (κ3) is 4.40. The predicted octanol–water partition coefficient (Wildman–Crippen LogP) is 3.63. The first-order valence-electron chi connectivity index (χ1n) is 8.71. The van der Waals surface area contributed by atoms with Gasteiger partial charge in [0.05, 0.1) is 27.5 Å². The Balaban J connectivity index is 1.86. The van der Waals surface area contributed by atoms with Gasteiger partial charge in [0.25, 0.3) is 0 Å². The van der Waals surface area contributed by atoms with Gasteiger partial charge in [-0.25, -0.2) is 0 Å². The third-order valence-electron chi connectivity index (χ3n) is 4.25. The minimum atomic E-state index is 0.429. The van der Waals surface area contributed by atoms with Crippen molar-refractivity contribution in [1.29, 1.82) is 0 Å². The largest absolute Gasteiger partial charge is 0.496 e. The number of hydrogen-bond acceptors (Lipinski definition) is 6. The standard InChI is InChI=1S/C20H22N4O3S/c1-25-16-12-18(27-3)17(26-2)11-15(16)13-21-24-19(22-23-20(24)28)10-9-14-7-5-4-6-8-14/h4-8,11-13H,9-10H2,1-3H3,(H,23,28)/b21-13-. The molecule has 1 N–H and O–H groups in total. The molecule has 3 aromatic rings. The lowest BCUT2D eigenvalue weighted by molar-refractivity contribution is 0.349. The Morgan fingerprint density at radius 2 is 1.68 bits per heavy atom. The number of H-pyrrole nitrogens is 1. The summed E-state index contributed by atoms with van der Waals surface area (Å²) in [4.78, 5) is 0. The molecule has 1 heterocycles. The molecule has 7 nitrogen and oxygen atoms in total. The number of ether oxygens (including phenoxy) is 3. The first kappa shape index (κ1) is 19.6. The van der Waals surface area contributed by atoms with Gasteiger partial charge in [0.2, 0.25) is 4.77 Å². The Hall–Kier alpha value is -3.13. The maximum Gasteiger partial charge on any atom is 0.216 e. The fraction of sp³-hybridized carbons (Fsp3) is 0.250. The topological polar surface area (TPSA) is 73.7 Å². The molecule has 146 valence electrons. The highest BCUT2D eigenvalue weighted by molar-refractivity contribution is 7.71. The zero-order valence-electron chi connectivity index (χ0n) is 16.0. The van der Waals surface area contributed by atoms with E-state index >= 15 is 0 Å². The van der Waals surface area contributed by atoms with Gasteiger partial charge in [0, 0.05) is 18.1 Å². The van der Waals surface area contributed by atoms with Crippen molar-refractivity contribution in [2.24, 2.45) is 5.10 Å². The number of nitrogens with zero attached hydrogens (tertiary/aromatic N) is 3. The van der Waals surface area contributed by atoms with Crippen LogP contribution in [-0.2, 0) is 12.8 Å². The molecule has 0 radical (unpaired) electrons. The lowest BCUT2D eigenvalue weighted by Crippen LogP contribution is -2.02. The molecule has 0 aliphatic rings. The molecule has 0 bridgehead atoms. The van der Waals surface area contributed by atoms with Crippen LogP contribution in [0.2, 0.25) is 0 Å². The Bertz CT molecular complexity index is 1010.